The van der Waals surface area contributed by atoms with Gasteiger partial charge in [0.2, 0.25) is 0 Å². The van der Waals surface area contributed by atoms with Crippen molar-refractivity contribution in [2.45, 2.75) is 20.0 Å². The van der Waals surface area contributed by atoms with E-state index in [2.05, 4.69) is 6.92 Å². The molecule has 0 rings (SSSR count). The smallest absolute Gasteiger partial charge is 0.171 e. The Bertz CT molecular complexity index is 62.7. The molecule has 0 aliphatic rings. The Morgan fingerprint density at radius 3 is 1.25 bits per heavy atom. The number of halogens is 3. The second kappa shape index (κ2) is 1.64. The minimum absolute atomic E-state index is 1.03. The Hall–Kier alpha value is -0.210. The Kier molecular flexibility index (Phi) is 1.59. The zero-order valence-electron chi connectivity index (χ0n) is 4.84. The van der Waals surface area contributed by atoms with E-state index < -0.39 is 11.6 Å². The fraction of sp³-hybridized carbons (Fsp3) is 0.800. The van der Waals surface area contributed by atoms with Crippen LogP contribution in [0.4, 0.5) is 13.2 Å². The van der Waals surface area contributed by atoms with E-state index in [0.717, 1.165) is 13.8 Å². The average molecular weight is 125 g/mol. The predicted molar refractivity (Wildman–Crippen MR) is 25.2 cm³/mol. The van der Waals surface area contributed by atoms with Crippen LogP contribution in [0.15, 0.2) is 0 Å². The van der Waals surface area contributed by atoms with Crippen molar-refractivity contribution in [2.24, 2.45) is 5.41 Å². The van der Waals surface area contributed by atoms with Gasteiger partial charge in [-0.2, -0.15) is 13.2 Å². The van der Waals surface area contributed by atoms with Crippen LogP contribution in [0, 0.1) is 12.3 Å². The zero-order chi connectivity index (χ0) is 7.00. The Morgan fingerprint density at radius 1 is 1.12 bits per heavy atom. The third-order valence-corrected chi connectivity index (χ3v) is 0.767. The van der Waals surface area contributed by atoms with E-state index >= 15 is 0 Å². The van der Waals surface area contributed by atoms with Gasteiger partial charge in [-0.05, 0) is 6.92 Å². The molecule has 0 unspecified atom stereocenters. The number of alkyl halides is 3. The molecular formula is C5H8F3. The van der Waals surface area contributed by atoms with Gasteiger partial charge < -0.3 is 0 Å². The van der Waals surface area contributed by atoms with E-state index in [1.807, 2.05) is 0 Å². The summed E-state index contributed by atoms with van der Waals surface area (Å²) >= 11 is 0. The zero-order valence-corrected chi connectivity index (χ0v) is 4.84. The third kappa shape index (κ3) is 1.72. The molecule has 0 aliphatic heterocycles. The maximum Gasteiger partial charge on any atom is 0.393 e. The van der Waals surface area contributed by atoms with Gasteiger partial charge in [-0.1, -0.05) is 13.8 Å². The number of rotatable bonds is 0. The van der Waals surface area contributed by atoms with Crippen LogP contribution in [-0.2, 0) is 0 Å². The van der Waals surface area contributed by atoms with Gasteiger partial charge in [0.1, 0.15) is 0 Å². The van der Waals surface area contributed by atoms with Gasteiger partial charge in [-0.25, -0.2) is 0 Å². The summed E-state index contributed by atoms with van der Waals surface area (Å²) in [6, 6.07) is 0. The molecule has 0 bridgehead atoms. The van der Waals surface area contributed by atoms with Crippen LogP contribution in [0.3, 0.4) is 0 Å². The first-order valence-corrected chi connectivity index (χ1v) is 2.17. The van der Waals surface area contributed by atoms with Crippen molar-refractivity contribution >= 4 is 0 Å². The van der Waals surface area contributed by atoms with Gasteiger partial charge in [-0.15, -0.1) is 0 Å². The minimum atomic E-state index is -4.17. The van der Waals surface area contributed by atoms with Crippen molar-refractivity contribution in [3.05, 3.63) is 6.92 Å². The normalized spacial score (nSPS) is 14.2. The van der Waals surface area contributed by atoms with E-state index in [4.69, 9.17) is 0 Å². The molecule has 3 heteroatoms. The van der Waals surface area contributed by atoms with Crippen molar-refractivity contribution in [1.29, 1.82) is 0 Å². The van der Waals surface area contributed by atoms with E-state index in [-0.39, 0.29) is 0 Å². The summed E-state index contributed by atoms with van der Waals surface area (Å²) in [5, 5.41) is 0. The number of hydrogen-bond acceptors (Lipinski definition) is 0. The van der Waals surface area contributed by atoms with E-state index in [0.29, 0.717) is 0 Å². The number of hydrogen-bond donors (Lipinski definition) is 0. The highest BCUT2D eigenvalue weighted by molar-refractivity contribution is 4.78. The Labute approximate surface area is 46.7 Å². The van der Waals surface area contributed by atoms with Crippen LogP contribution >= 0.6 is 0 Å². The molecule has 0 amide bonds. The predicted octanol–water partition coefficient (Wildman–Crippen LogP) is 2.41. The van der Waals surface area contributed by atoms with Crippen LogP contribution in [0.5, 0.6) is 0 Å². The standard InChI is InChI=1S/C5H8F3/c1-4(2,3)5(6,7)8/h1H2,2-3H3. The molecule has 0 saturated heterocycles. The fourth-order valence-electron chi connectivity index (χ4n) is 0. The Balaban J connectivity index is 4.02. The van der Waals surface area contributed by atoms with E-state index in [1.165, 1.54) is 0 Å². The molecule has 0 spiro atoms. The first kappa shape index (κ1) is 7.79. The van der Waals surface area contributed by atoms with Gasteiger partial charge in [0.15, 0.2) is 0 Å². The molecule has 49 valence electrons. The van der Waals surface area contributed by atoms with E-state index in [9.17, 15) is 13.2 Å². The van der Waals surface area contributed by atoms with Crippen LogP contribution in [-0.4, -0.2) is 6.18 Å². The molecular weight excluding hydrogens is 117 g/mol. The lowest BCUT2D eigenvalue weighted by Gasteiger charge is -2.21. The lowest BCUT2D eigenvalue weighted by atomic mass is 9.96. The Morgan fingerprint density at radius 2 is 1.25 bits per heavy atom. The summed E-state index contributed by atoms with van der Waals surface area (Å²) in [7, 11) is 0. The molecule has 0 nitrogen and oxygen atoms in total. The molecule has 0 aromatic rings. The maximum absolute atomic E-state index is 11.5. The van der Waals surface area contributed by atoms with Gasteiger partial charge in [0, 0.05) is 0 Å². The van der Waals surface area contributed by atoms with Crippen molar-refractivity contribution in [3.63, 3.8) is 0 Å². The lowest BCUT2D eigenvalue weighted by molar-refractivity contribution is -0.194. The monoisotopic (exact) mass is 125 g/mol. The van der Waals surface area contributed by atoms with Gasteiger partial charge in [0.05, 0.1) is 5.41 Å². The highest BCUT2D eigenvalue weighted by Crippen LogP contribution is 2.35. The van der Waals surface area contributed by atoms with Gasteiger partial charge >= 0.3 is 6.18 Å². The highest BCUT2D eigenvalue weighted by Gasteiger charge is 2.43. The van der Waals surface area contributed by atoms with Gasteiger partial charge in [-0.3, -0.25) is 0 Å². The highest BCUT2D eigenvalue weighted by atomic mass is 19.4. The van der Waals surface area contributed by atoms with Crippen LogP contribution in [0.1, 0.15) is 13.8 Å². The first-order valence-electron chi connectivity index (χ1n) is 2.17. The summed E-state index contributed by atoms with van der Waals surface area (Å²) in [5.74, 6) is 0. The molecule has 0 saturated carbocycles. The molecule has 0 aromatic carbocycles. The first-order chi connectivity index (χ1) is 3.25. The van der Waals surface area contributed by atoms with Crippen LogP contribution in [0.2, 0.25) is 0 Å². The summed E-state index contributed by atoms with van der Waals surface area (Å²) in [5.41, 5.74) is -1.81. The fourth-order valence-corrected chi connectivity index (χ4v) is 0. The van der Waals surface area contributed by atoms with Gasteiger partial charge in [0.25, 0.3) is 0 Å². The summed E-state index contributed by atoms with van der Waals surface area (Å²) < 4.78 is 34.5. The summed E-state index contributed by atoms with van der Waals surface area (Å²) in [6.45, 7) is 4.99. The molecule has 0 aliphatic carbocycles. The van der Waals surface area contributed by atoms with Crippen molar-refractivity contribution in [1.82, 2.24) is 0 Å². The minimum Gasteiger partial charge on any atom is -0.171 e. The molecule has 0 fully saturated rings. The average Bonchev–Trinajstić information content (AvgIpc) is 1.25. The third-order valence-electron chi connectivity index (χ3n) is 0.767. The van der Waals surface area contributed by atoms with Crippen molar-refractivity contribution in [2.75, 3.05) is 0 Å². The molecule has 0 N–H and O–H groups in total. The van der Waals surface area contributed by atoms with Crippen molar-refractivity contribution < 1.29 is 13.2 Å². The topological polar surface area (TPSA) is 0 Å². The SMILES string of the molecule is [CH2]C(C)(C)C(F)(F)F. The van der Waals surface area contributed by atoms with Crippen molar-refractivity contribution in [3.8, 4) is 0 Å². The molecule has 8 heavy (non-hydrogen) atoms. The second-order valence-electron chi connectivity index (χ2n) is 2.38. The second-order valence-corrected chi connectivity index (χ2v) is 2.38. The molecule has 1 radical (unpaired) electrons. The maximum atomic E-state index is 11.5. The quantitative estimate of drug-likeness (QED) is 0.466. The van der Waals surface area contributed by atoms with Crippen LogP contribution in [0.25, 0.3) is 0 Å². The lowest BCUT2D eigenvalue weighted by Crippen LogP contribution is -2.28. The summed E-state index contributed by atoms with van der Waals surface area (Å²) in [6.07, 6.45) is -4.17. The van der Waals surface area contributed by atoms with Crippen LogP contribution < -0.4 is 0 Å². The molecule has 0 heterocycles. The molecule has 0 aromatic heterocycles. The summed E-state index contributed by atoms with van der Waals surface area (Å²) in [4.78, 5) is 0. The molecule has 0 atom stereocenters. The van der Waals surface area contributed by atoms with E-state index in [1.54, 1.807) is 0 Å². The largest absolute Gasteiger partial charge is 0.393 e.